The summed E-state index contributed by atoms with van der Waals surface area (Å²) in [7, 11) is -8.21. The summed E-state index contributed by atoms with van der Waals surface area (Å²) in [5.41, 5.74) is -0.344. The zero-order valence-electron chi connectivity index (χ0n) is 18.7. The topological polar surface area (TPSA) is 140 Å². The molecule has 14 heteroatoms. The Morgan fingerprint density at radius 2 is 1.58 bits per heavy atom. The molecule has 3 aromatic carbocycles. The van der Waals surface area contributed by atoms with Gasteiger partial charge in [-0.1, -0.05) is 6.07 Å². The maximum atomic E-state index is 14.6. The van der Waals surface area contributed by atoms with E-state index in [1.54, 1.807) is 17.7 Å². The number of nitrogens with two attached hydrogens (primary N) is 1. The Labute approximate surface area is 205 Å². The third-order valence-corrected chi connectivity index (χ3v) is 7.43. The van der Waals surface area contributed by atoms with Crippen LogP contribution in [0.5, 0.6) is 11.5 Å². The molecule has 1 fully saturated rings. The van der Waals surface area contributed by atoms with Crippen molar-refractivity contribution in [3.63, 3.8) is 0 Å². The van der Waals surface area contributed by atoms with Crippen molar-refractivity contribution in [2.75, 3.05) is 14.8 Å². The molecule has 4 rings (SSSR count). The summed E-state index contributed by atoms with van der Waals surface area (Å²) in [6.07, 6.45) is 0.866. The van der Waals surface area contributed by atoms with E-state index in [0.29, 0.717) is 18.4 Å². The van der Waals surface area contributed by atoms with Crippen molar-refractivity contribution in [1.82, 2.24) is 0 Å². The summed E-state index contributed by atoms with van der Waals surface area (Å²) in [6, 6.07) is 9.00. The molecule has 0 unspecified atom stereocenters. The predicted molar refractivity (Wildman–Crippen MR) is 130 cm³/mol. The molecule has 3 aromatic rings. The second-order valence-electron chi connectivity index (χ2n) is 8.17. The highest BCUT2D eigenvalue weighted by molar-refractivity contribution is 7.93. The molecule has 9 nitrogen and oxygen atoms in total. The Bertz CT molecular complexity index is 1550. The first-order valence-corrected chi connectivity index (χ1v) is 13.6. The van der Waals surface area contributed by atoms with Crippen LogP contribution in [0.2, 0.25) is 0 Å². The summed E-state index contributed by atoms with van der Waals surface area (Å²) in [5.74, 6) is -3.01. The highest BCUT2D eigenvalue weighted by atomic mass is 32.2. The van der Waals surface area contributed by atoms with Crippen LogP contribution in [0, 0.1) is 24.4 Å². The van der Waals surface area contributed by atoms with Gasteiger partial charge in [-0.25, -0.2) is 26.7 Å². The van der Waals surface area contributed by atoms with Crippen LogP contribution in [-0.2, 0) is 20.2 Å². The van der Waals surface area contributed by atoms with Crippen molar-refractivity contribution >= 4 is 43.0 Å². The zero-order valence-corrected chi connectivity index (χ0v) is 20.3. The monoisotopic (exact) mass is 542 g/mol. The van der Waals surface area contributed by atoms with Gasteiger partial charge in [0.2, 0.25) is 10.0 Å². The lowest BCUT2D eigenvalue weighted by molar-refractivity contribution is 0.478. The smallest absolute Gasteiger partial charge is 0.296 e. The average molecular weight is 543 g/mol. The first-order valence-electron chi connectivity index (χ1n) is 10.5. The van der Waals surface area contributed by atoms with Crippen molar-refractivity contribution in [3.05, 3.63) is 71.5 Å². The maximum Gasteiger partial charge on any atom is 0.296 e. The van der Waals surface area contributed by atoms with Crippen molar-refractivity contribution in [3.8, 4) is 11.5 Å². The van der Waals surface area contributed by atoms with E-state index in [4.69, 9.17) is 9.88 Å². The van der Waals surface area contributed by atoms with Gasteiger partial charge in [0.05, 0.1) is 22.3 Å². The minimum Gasteiger partial charge on any atom is -0.455 e. The first kappa shape index (κ1) is 25.6. The molecule has 0 aliphatic heterocycles. The lowest BCUT2D eigenvalue weighted by Crippen LogP contribution is -2.22. The number of nitrogens with one attached hydrogen (secondary N) is 3. The van der Waals surface area contributed by atoms with Crippen LogP contribution >= 0.6 is 0 Å². The van der Waals surface area contributed by atoms with E-state index < -0.39 is 48.6 Å². The van der Waals surface area contributed by atoms with E-state index in [0.717, 1.165) is 30.3 Å². The van der Waals surface area contributed by atoms with Gasteiger partial charge in [-0.15, -0.1) is 0 Å². The molecule has 192 valence electrons. The molecular formula is C22H21F3N4O5S2. The third kappa shape index (κ3) is 6.19. The van der Waals surface area contributed by atoms with Crippen LogP contribution in [0.1, 0.15) is 18.4 Å². The number of rotatable bonds is 9. The van der Waals surface area contributed by atoms with E-state index in [1.165, 1.54) is 12.1 Å². The van der Waals surface area contributed by atoms with Gasteiger partial charge in [0, 0.05) is 12.1 Å². The van der Waals surface area contributed by atoms with E-state index in [1.807, 2.05) is 0 Å². The molecule has 0 bridgehead atoms. The van der Waals surface area contributed by atoms with Crippen LogP contribution in [-0.4, -0.2) is 22.1 Å². The number of ether oxygens (including phenoxy) is 1. The Hall–Kier alpha value is -3.49. The van der Waals surface area contributed by atoms with Crippen LogP contribution in [0.3, 0.4) is 0 Å². The summed E-state index contributed by atoms with van der Waals surface area (Å²) in [5, 5.41) is 6.91. The fourth-order valence-electron chi connectivity index (χ4n) is 3.26. The quantitative estimate of drug-likeness (QED) is 0.315. The molecule has 36 heavy (non-hydrogen) atoms. The standard InChI is InChI=1S/C22H21F3N4O5S2/c1-12-2-7-18(17(25)8-12)27-20-9-13(23)10-21(22(20)29-35(30,31)15-4-5-15)34-14-3-6-16(24)19(11-14)28-36(26,32)33/h2-3,6-11,15,27-29H,4-5H2,1H3,(H2,26,32,33). The van der Waals surface area contributed by atoms with E-state index in [9.17, 15) is 30.0 Å². The van der Waals surface area contributed by atoms with Crippen molar-refractivity contribution in [1.29, 1.82) is 0 Å². The van der Waals surface area contributed by atoms with Gasteiger partial charge in [-0.2, -0.15) is 8.42 Å². The van der Waals surface area contributed by atoms with Gasteiger partial charge >= 0.3 is 0 Å². The fourth-order valence-corrected chi connectivity index (χ4v) is 5.14. The molecule has 0 saturated heterocycles. The lowest BCUT2D eigenvalue weighted by atomic mass is 10.2. The summed E-state index contributed by atoms with van der Waals surface area (Å²) < 4.78 is 101. The molecule has 5 N–H and O–H groups in total. The second kappa shape index (κ2) is 9.52. The number of hydrogen-bond acceptors (Lipinski definition) is 6. The van der Waals surface area contributed by atoms with E-state index >= 15 is 0 Å². The Balaban J connectivity index is 1.78. The molecule has 1 aliphatic carbocycles. The minimum absolute atomic E-state index is 0.0505. The molecule has 0 aromatic heterocycles. The average Bonchev–Trinajstić information content (AvgIpc) is 3.60. The zero-order chi connectivity index (χ0) is 26.3. The Morgan fingerprint density at radius 3 is 2.22 bits per heavy atom. The van der Waals surface area contributed by atoms with Gasteiger partial charge < -0.3 is 10.1 Å². The van der Waals surface area contributed by atoms with Gasteiger partial charge in [0.1, 0.15) is 28.9 Å². The second-order valence-corrected chi connectivity index (χ2v) is 11.4. The first-order chi connectivity index (χ1) is 16.8. The molecule has 0 amide bonds. The number of hydrogen-bond donors (Lipinski definition) is 4. The van der Waals surface area contributed by atoms with Crippen LogP contribution < -0.4 is 24.6 Å². The largest absolute Gasteiger partial charge is 0.455 e. The van der Waals surface area contributed by atoms with Crippen molar-refractivity contribution < 1.29 is 34.7 Å². The number of anilines is 4. The molecular weight excluding hydrogens is 521 g/mol. The number of sulfonamides is 1. The van der Waals surface area contributed by atoms with Crippen LogP contribution in [0.4, 0.5) is 35.9 Å². The number of benzene rings is 3. The van der Waals surface area contributed by atoms with E-state index in [2.05, 4.69) is 10.0 Å². The fraction of sp³-hybridized carbons (Fsp3) is 0.182. The molecule has 0 spiro atoms. The minimum atomic E-state index is -4.32. The number of aryl methyl sites for hydroxylation is 1. The van der Waals surface area contributed by atoms with Gasteiger partial charge in [-0.05, 0) is 55.7 Å². The molecule has 0 atom stereocenters. The Kier molecular flexibility index (Phi) is 6.77. The van der Waals surface area contributed by atoms with Crippen molar-refractivity contribution in [2.45, 2.75) is 25.0 Å². The maximum absolute atomic E-state index is 14.6. The number of halogens is 3. The molecule has 1 aliphatic rings. The normalized spacial score (nSPS) is 13.8. The predicted octanol–water partition coefficient (Wildman–Crippen LogP) is 4.47. The molecule has 1 saturated carbocycles. The molecule has 0 radical (unpaired) electrons. The highest BCUT2D eigenvalue weighted by Crippen LogP contribution is 2.42. The van der Waals surface area contributed by atoms with Gasteiger partial charge in [0.15, 0.2) is 5.75 Å². The lowest BCUT2D eigenvalue weighted by Gasteiger charge is -2.19. The SMILES string of the molecule is Cc1ccc(Nc2cc(F)cc(Oc3ccc(F)c(NS(N)(=O)=O)c3)c2NS(=O)(=O)C2CC2)c(F)c1. The van der Waals surface area contributed by atoms with Gasteiger partial charge in [-0.3, -0.25) is 9.44 Å². The third-order valence-electron chi connectivity index (χ3n) is 5.09. The van der Waals surface area contributed by atoms with Gasteiger partial charge in [0.25, 0.3) is 10.2 Å². The summed E-state index contributed by atoms with van der Waals surface area (Å²) in [4.78, 5) is 0. The van der Waals surface area contributed by atoms with Crippen LogP contribution in [0.15, 0.2) is 48.5 Å². The highest BCUT2D eigenvalue weighted by Gasteiger charge is 2.37. The van der Waals surface area contributed by atoms with E-state index in [-0.39, 0.29) is 28.6 Å². The summed E-state index contributed by atoms with van der Waals surface area (Å²) >= 11 is 0. The molecule has 0 heterocycles. The summed E-state index contributed by atoms with van der Waals surface area (Å²) in [6.45, 7) is 1.68. The van der Waals surface area contributed by atoms with Crippen molar-refractivity contribution in [2.24, 2.45) is 5.14 Å². The van der Waals surface area contributed by atoms with Crippen LogP contribution in [0.25, 0.3) is 0 Å². The Morgan fingerprint density at radius 1 is 0.861 bits per heavy atom.